The van der Waals surface area contributed by atoms with Gasteiger partial charge in [0.05, 0.1) is 17.7 Å². The monoisotopic (exact) mass is 296 g/mol. The number of carbonyl (C=O) groups is 1. The first-order valence-electron chi connectivity index (χ1n) is 5.24. The zero-order valence-corrected chi connectivity index (χ0v) is 11.0. The molecule has 0 bridgehead atoms. The Balaban J connectivity index is 2.89. The van der Waals surface area contributed by atoms with Gasteiger partial charge in [0, 0.05) is 10.5 Å². The average Bonchev–Trinajstić information content (AvgIpc) is 2.28. The molecule has 2 N–H and O–H groups in total. The third kappa shape index (κ3) is 4.08. The first-order valence-corrected chi connectivity index (χ1v) is 6.04. The number of aliphatic carboxylic acids is 1. The van der Waals surface area contributed by atoms with E-state index in [-0.39, 0.29) is 12.5 Å². The van der Waals surface area contributed by atoms with E-state index in [2.05, 4.69) is 27.3 Å². The molecule has 0 heterocycles. The summed E-state index contributed by atoms with van der Waals surface area (Å²) >= 11 is 3.32. The van der Waals surface area contributed by atoms with Crippen LogP contribution < -0.4 is 5.32 Å². The summed E-state index contributed by atoms with van der Waals surface area (Å²) in [6.45, 7) is 1.91. The number of nitrogens with zero attached hydrogens (tertiary/aromatic N) is 1. The second-order valence-corrected chi connectivity index (χ2v) is 4.56. The lowest BCUT2D eigenvalue weighted by molar-refractivity contribution is -0.137. The number of nitriles is 1. The third-order valence-corrected chi connectivity index (χ3v) is 2.87. The number of hydrogen-bond acceptors (Lipinski definition) is 3. The van der Waals surface area contributed by atoms with Crippen LogP contribution >= 0.6 is 15.9 Å². The van der Waals surface area contributed by atoms with Crippen LogP contribution in [0.3, 0.4) is 0 Å². The van der Waals surface area contributed by atoms with E-state index >= 15 is 0 Å². The molecule has 0 aliphatic heterocycles. The van der Waals surface area contributed by atoms with Crippen LogP contribution in [0.4, 0.5) is 5.69 Å². The van der Waals surface area contributed by atoms with Gasteiger partial charge >= 0.3 is 5.97 Å². The molecule has 0 aliphatic carbocycles. The van der Waals surface area contributed by atoms with Crippen LogP contribution in [0.25, 0.3) is 0 Å². The van der Waals surface area contributed by atoms with Crippen LogP contribution in [-0.4, -0.2) is 17.1 Å². The summed E-state index contributed by atoms with van der Waals surface area (Å²) in [7, 11) is 0. The molecule has 0 aliphatic rings. The normalized spacial score (nSPS) is 11.6. The summed E-state index contributed by atoms with van der Waals surface area (Å²) in [5.74, 6) is -0.849. The van der Waals surface area contributed by atoms with Gasteiger partial charge < -0.3 is 10.4 Å². The van der Waals surface area contributed by atoms with Gasteiger partial charge in [-0.3, -0.25) is 4.79 Å². The van der Waals surface area contributed by atoms with Crippen LogP contribution in [0.1, 0.15) is 25.3 Å². The molecule has 1 atom stereocenters. The molecule has 17 heavy (non-hydrogen) atoms. The van der Waals surface area contributed by atoms with Crippen molar-refractivity contribution in [3.63, 3.8) is 0 Å². The molecule has 0 radical (unpaired) electrons. The lowest BCUT2D eigenvalue weighted by Gasteiger charge is -2.17. The number of benzene rings is 1. The molecule has 1 aromatic rings. The van der Waals surface area contributed by atoms with Crippen molar-refractivity contribution in [1.82, 2.24) is 0 Å². The Morgan fingerprint density at radius 1 is 1.65 bits per heavy atom. The molecule has 1 aromatic carbocycles. The van der Waals surface area contributed by atoms with Crippen LogP contribution in [0, 0.1) is 11.3 Å². The highest BCUT2D eigenvalue weighted by Crippen LogP contribution is 2.22. The SMILES string of the molecule is CCC(CC(=O)O)Nc1cc(Br)ccc1C#N. The maximum absolute atomic E-state index is 10.7. The number of anilines is 1. The van der Waals surface area contributed by atoms with Gasteiger partial charge in [-0.1, -0.05) is 22.9 Å². The van der Waals surface area contributed by atoms with E-state index < -0.39 is 5.97 Å². The van der Waals surface area contributed by atoms with Crippen LogP contribution in [0.2, 0.25) is 0 Å². The number of nitrogens with one attached hydrogen (secondary N) is 1. The summed E-state index contributed by atoms with van der Waals surface area (Å²) in [5.41, 5.74) is 1.17. The summed E-state index contributed by atoms with van der Waals surface area (Å²) in [6.07, 6.45) is 0.720. The Kier molecular flexibility index (Phi) is 4.98. The molecular formula is C12H13BrN2O2. The van der Waals surface area contributed by atoms with E-state index in [1.54, 1.807) is 18.2 Å². The number of hydrogen-bond donors (Lipinski definition) is 2. The van der Waals surface area contributed by atoms with Crippen molar-refractivity contribution in [2.45, 2.75) is 25.8 Å². The van der Waals surface area contributed by atoms with Gasteiger partial charge in [0.15, 0.2) is 0 Å². The smallest absolute Gasteiger partial charge is 0.305 e. The maximum Gasteiger partial charge on any atom is 0.305 e. The minimum Gasteiger partial charge on any atom is -0.481 e. The number of carboxylic acid groups (broad SMARTS) is 1. The van der Waals surface area contributed by atoms with Gasteiger partial charge in [-0.05, 0) is 24.6 Å². The molecule has 0 spiro atoms. The Morgan fingerprint density at radius 2 is 2.35 bits per heavy atom. The lowest BCUT2D eigenvalue weighted by Crippen LogP contribution is -2.22. The van der Waals surface area contributed by atoms with Gasteiger partial charge in [-0.2, -0.15) is 5.26 Å². The van der Waals surface area contributed by atoms with Gasteiger partial charge in [-0.25, -0.2) is 0 Å². The molecule has 0 saturated carbocycles. The van der Waals surface area contributed by atoms with Crippen molar-refractivity contribution in [2.24, 2.45) is 0 Å². The fourth-order valence-corrected chi connectivity index (χ4v) is 1.82. The molecule has 1 unspecified atom stereocenters. The lowest BCUT2D eigenvalue weighted by atomic mass is 10.1. The highest BCUT2D eigenvalue weighted by Gasteiger charge is 2.12. The van der Waals surface area contributed by atoms with Gasteiger partial charge in [0.25, 0.3) is 0 Å². The van der Waals surface area contributed by atoms with E-state index in [1.165, 1.54) is 0 Å². The molecule has 1 rings (SSSR count). The second kappa shape index (κ2) is 6.26. The van der Waals surface area contributed by atoms with Crippen molar-refractivity contribution >= 4 is 27.6 Å². The Hall–Kier alpha value is -1.54. The van der Waals surface area contributed by atoms with Gasteiger partial charge in [-0.15, -0.1) is 0 Å². The van der Waals surface area contributed by atoms with E-state index in [9.17, 15) is 4.79 Å². The Bertz CT molecular complexity index is 454. The molecule has 5 heteroatoms. The first-order chi connectivity index (χ1) is 8.06. The molecule has 0 fully saturated rings. The largest absolute Gasteiger partial charge is 0.481 e. The number of rotatable bonds is 5. The molecule has 4 nitrogen and oxygen atoms in total. The standard InChI is InChI=1S/C12H13BrN2O2/c1-2-10(6-12(16)17)15-11-5-9(13)4-3-8(11)7-14/h3-5,10,15H,2,6H2,1H3,(H,16,17). The van der Waals surface area contributed by atoms with Gasteiger partial charge in [0.1, 0.15) is 6.07 Å². The number of carboxylic acids is 1. The maximum atomic E-state index is 10.7. The quantitative estimate of drug-likeness (QED) is 0.876. The molecule has 0 aromatic heterocycles. The van der Waals surface area contributed by atoms with Crippen molar-refractivity contribution in [2.75, 3.05) is 5.32 Å². The highest BCUT2D eigenvalue weighted by atomic mass is 79.9. The van der Waals surface area contributed by atoms with Crippen molar-refractivity contribution in [1.29, 1.82) is 5.26 Å². The molecule has 0 amide bonds. The second-order valence-electron chi connectivity index (χ2n) is 3.65. The minimum absolute atomic E-state index is 0.0356. The minimum atomic E-state index is -0.849. The Morgan fingerprint density at radius 3 is 2.88 bits per heavy atom. The zero-order valence-electron chi connectivity index (χ0n) is 9.40. The molecule has 90 valence electrons. The van der Waals surface area contributed by atoms with Crippen molar-refractivity contribution in [3.8, 4) is 6.07 Å². The fraction of sp³-hybridized carbons (Fsp3) is 0.333. The van der Waals surface area contributed by atoms with E-state index in [0.29, 0.717) is 17.7 Å². The zero-order chi connectivity index (χ0) is 12.8. The van der Waals surface area contributed by atoms with Crippen LogP contribution in [-0.2, 0) is 4.79 Å². The number of halogens is 1. The molecular weight excluding hydrogens is 284 g/mol. The summed E-state index contributed by atoms with van der Waals surface area (Å²) in [5, 5.41) is 20.8. The van der Waals surface area contributed by atoms with E-state index in [1.807, 2.05) is 6.92 Å². The van der Waals surface area contributed by atoms with Crippen LogP contribution in [0.15, 0.2) is 22.7 Å². The average molecular weight is 297 g/mol. The third-order valence-electron chi connectivity index (χ3n) is 2.38. The summed E-state index contributed by atoms with van der Waals surface area (Å²) in [4.78, 5) is 10.7. The van der Waals surface area contributed by atoms with Crippen molar-refractivity contribution in [3.05, 3.63) is 28.2 Å². The summed E-state index contributed by atoms with van der Waals surface area (Å²) in [6, 6.07) is 7.16. The van der Waals surface area contributed by atoms with E-state index in [0.717, 1.165) is 4.47 Å². The van der Waals surface area contributed by atoms with E-state index in [4.69, 9.17) is 10.4 Å². The predicted octanol–water partition coefficient (Wildman–Crippen LogP) is 2.99. The van der Waals surface area contributed by atoms with Crippen LogP contribution in [0.5, 0.6) is 0 Å². The first kappa shape index (κ1) is 13.5. The van der Waals surface area contributed by atoms with Gasteiger partial charge in [0.2, 0.25) is 0 Å². The fourth-order valence-electron chi connectivity index (χ4n) is 1.46. The predicted molar refractivity (Wildman–Crippen MR) is 68.8 cm³/mol. The Labute approximate surface area is 108 Å². The van der Waals surface area contributed by atoms with Crippen molar-refractivity contribution < 1.29 is 9.90 Å². The molecule has 0 saturated heterocycles. The topological polar surface area (TPSA) is 73.1 Å². The highest BCUT2D eigenvalue weighted by molar-refractivity contribution is 9.10. The summed E-state index contributed by atoms with van der Waals surface area (Å²) < 4.78 is 0.851.